The van der Waals surface area contributed by atoms with Gasteiger partial charge in [-0.15, -0.1) is 11.3 Å². The summed E-state index contributed by atoms with van der Waals surface area (Å²) in [5.74, 6) is -0.132. The molecular formula is C22H18N2OS. The molecule has 128 valence electrons. The number of aromatic nitrogens is 1. The van der Waals surface area contributed by atoms with Crippen LogP contribution in [0.25, 0.3) is 10.8 Å². The highest BCUT2D eigenvalue weighted by atomic mass is 32.1. The highest BCUT2D eigenvalue weighted by molar-refractivity contribution is 7.15. The van der Waals surface area contributed by atoms with E-state index in [1.165, 1.54) is 22.5 Å². The molecule has 3 aromatic carbocycles. The predicted molar refractivity (Wildman–Crippen MR) is 108 cm³/mol. The van der Waals surface area contributed by atoms with Crippen LogP contribution in [-0.2, 0) is 6.42 Å². The average molecular weight is 358 g/mol. The Kier molecular flexibility index (Phi) is 4.50. The van der Waals surface area contributed by atoms with Gasteiger partial charge in [0.1, 0.15) is 0 Å². The van der Waals surface area contributed by atoms with Gasteiger partial charge in [-0.1, -0.05) is 60.2 Å². The Balaban J connectivity index is 1.47. The molecule has 0 radical (unpaired) electrons. The maximum atomic E-state index is 12.5. The second kappa shape index (κ2) is 7.10. The largest absolute Gasteiger partial charge is 0.298 e. The van der Waals surface area contributed by atoms with E-state index in [2.05, 4.69) is 41.5 Å². The van der Waals surface area contributed by atoms with Crippen LogP contribution in [0.15, 0.2) is 72.9 Å². The molecule has 1 amide bonds. The Morgan fingerprint density at radius 2 is 1.77 bits per heavy atom. The lowest BCUT2D eigenvalue weighted by Gasteiger charge is -2.04. The average Bonchev–Trinajstić information content (AvgIpc) is 3.10. The molecule has 1 N–H and O–H groups in total. The van der Waals surface area contributed by atoms with Gasteiger partial charge in [0.05, 0.1) is 0 Å². The van der Waals surface area contributed by atoms with E-state index in [0.717, 1.165) is 22.1 Å². The number of anilines is 1. The summed E-state index contributed by atoms with van der Waals surface area (Å²) >= 11 is 1.52. The highest BCUT2D eigenvalue weighted by Gasteiger charge is 2.10. The van der Waals surface area contributed by atoms with Crippen molar-refractivity contribution < 1.29 is 4.79 Å². The first-order valence-electron chi connectivity index (χ1n) is 8.48. The van der Waals surface area contributed by atoms with E-state index in [1.54, 1.807) is 0 Å². The fourth-order valence-corrected chi connectivity index (χ4v) is 3.70. The van der Waals surface area contributed by atoms with Gasteiger partial charge in [-0.2, -0.15) is 0 Å². The van der Waals surface area contributed by atoms with Crippen LogP contribution in [0.2, 0.25) is 0 Å². The fraction of sp³-hybridized carbons (Fsp3) is 0.0909. The lowest BCUT2D eigenvalue weighted by Crippen LogP contribution is -2.11. The zero-order valence-electron chi connectivity index (χ0n) is 14.4. The Bertz CT molecular complexity index is 1070. The first-order chi connectivity index (χ1) is 12.7. The lowest BCUT2D eigenvalue weighted by molar-refractivity contribution is 0.102. The van der Waals surface area contributed by atoms with Crippen LogP contribution in [0, 0.1) is 6.92 Å². The summed E-state index contributed by atoms with van der Waals surface area (Å²) in [6.45, 7) is 2.08. The third-order valence-corrected chi connectivity index (χ3v) is 5.20. The van der Waals surface area contributed by atoms with Crippen molar-refractivity contribution in [1.82, 2.24) is 4.98 Å². The molecular weight excluding hydrogens is 340 g/mol. The lowest BCUT2D eigenvalue weighted by atomic mass is 10.1. The molecule has 0 bridgehead atoms. The zero-order chi connectivity index (χ0) is 17.9. The Labute approximate surface area is 156 Å². The highest BCUT2D eigenvalue weighted by Crippen LogP contribution is 2.23. The number of hydrogen-bond donors (Lipinski definition) is 1. The van der Waals surface area contributed by atoms with E-state index in [4.69, 9.17) is 0 Å². The van der Waals surface area contributed by atoms with E-state index < -0.39 is 0 Å². The minimum Gasteiger partial charge on any atom is -0.298 e. The number of thiazole rings is 1. The van der Waals surface area contributed by atoms with Crippen molar-refractivity contribution in [2.45, 2.75) is 13.3 Å². The molecule has 1 heterocycles. The molecule has 0 fully saturated rings. The first kappa shape index (κ1) is 16.5. The summed E-state index contributed by atoms with van der Waals surface area (Å²) in [4.78, 5) is 18.0. The van der Waals surface area contributed by atoms with Gasteiger partial charge in [0.2, 0.25) is 0 Å². The SMILES string of the molecule is Cc1ccc(Cc2cnc(NC(=O)c3ccc4ccccc4c3)s2)cc1. The zero-order valence-corrected chi connectivity index (χ0v) is 15.2. The van der Waals surface area contributed by atoms with E-state index in [-0.39, 0.29) is 5.91 Å². The summed E-state index contributed by atoms with van der Waals surface area (Å²) in [6, 6.07) is 22.2. The van der Waals surface area contributed by atoms with Crippen molar-refractivity contribution in [2.24, 2.45) is 0 Å². The van der Waals surface area contributed by atoms with Crippen LogP contribution in [0.1, 0.15) is 26.4 Å². The number of benzene rings is 3. The number of aryl methyl sites for hydroxylation is 1. The van der Waals surface area contributed by atoms with Gasteiger partial charge >= 0.3 is 0 Å². The molecule has 0 spiro atoms. The van der Waals surface area contributed by atoms with Crippen LogP contribution < -0.4 is 5.32 Å². The van der Waals surface area contributed by atoms with Gasteiger partial charge in [0.25, 0.3) is 5.91 Å². The summed E-state index contributed by atoms with van der Waals surface area (Å²) < 4.78 is 0. The Hall–Kier alpha value is -2.98. The maximum absolute atomic E-state index is 12.5. The van der Waals surface area contributed by atoms with Crippen LogP contribution >= 0.6 is 11.3 Å². The number of amides is 1. The predicted octanol–water partition coefficient (Wildman–Crippen LogP) is 5.45. The quantitative estimate of drug-likeness (QED) is 0.527. The van der Waals surface area contributed by atoms with Crippen molar-refractivity contribution in [3.05, 3.63) is 94.5 Å². The van der Waals surface area contributed by atoms with Crippen molar-refractivity contribution in [2.75, 3.05) is 5.32 Å². The minimum absolute atomic E-state index is 0.132. The van der Waals surface area contributed by atoms with Crippen LogP contribution in [-0.4, -0.2) is 10.9 Å². The first-order valence-corrected chi connectivity index (χ1v) is 9.29. The molecule has 26 heavy (non-hydrogen) atoms. The fourth-order valence-electron chi connectivity index (χ4n) is 2.85. The number of rotatable bonds is 4. The second-order valence-corrected chi connectivity index (χ2v) is 7.43. The monoisotopic (exact) mass is 358 g/mol. The molecule has 0 saturated carbocycles. The van der Waals surface area contributed by atoms with Crippen LogP contribution in [0.3, 0.4) is 0 Å². The smallest absolute Gasteiger partial charge is 0.257 e. The van der Waals surface area contributed by atoms with E-state index in [0.29, 0.717) is 10.7 Å². The van der Waals surface area contributed by atoms with Crippen LogP contribution in [0.4, 0.5) is 5.13 Å². The normalized spacial score (nSPS) is 10.8. The number of nitrogens with zero attached hydrogens (tertiary/aromatic N) is 1. The third-order valence-electron chi connectivity index (χ3n) is 4.28. The van der Waals surface area contributed by atoms with E-state index in [9.17, 15) is 4.79 Å². The van der Waals surface area contributed by atoms with E-state index >= 15 is 0 Å². The molecule has 0 aliphatic carbocycles. The van der Waals surface area contributed by atoms with Crippen molar-refractivity contribution >= 4 is 33.1 Å². The molecule has 1 aromatic heterocycles. The molecule has 4 heteroatoms. The van der Waals surface area contributed by atoms with Gasteiger partial charge in [0.15, 0.2) is 5.13 Å². The molecule has 4 rings (SSSR count). The number of carbonyl (C=O) groups excluding carboxylic acids is 1. The molecule has 0 saturated heterocycles. The number of hydrogen-bond acceptors (Lipinski definition) is 3. The van der Waals surface area contributed by atoms with E-state index in [1.807, 2.05) is 48.7 Å². The summed E-state index contributed by atoms with van der Waals surface area (Å²) in [5, 5.41) is 5.72. The van der Waals surface area contributed by atoms with Crippen molar-refractivity contribution in [3.63, 3.8) is 0 Å². The maximum Gasteiger partial charge on any atom is 0.257 e. The Morgan fingerprint density at radius 1 is 1.00 bits per heavy atom. The van der Waals surface area contributed by atoms with Crippen LogP contribution in [0.5, 0.6) is 0 Å². The molecule has 4 aromatic rings. The summed E-state index contributed by atoms with van der Waals surface area (Å²) in [5.41, 5.74) is 3.13. The Morgan fingerprint density at radius 3 is 2.58 bits per heavy atom. The van der Waals surface area contributed by atoms with Gasteiger partial charge < -0.3 is 0 Å². The van der Waals surface area contributed by atoms with Gasteiger partial charge in [0, 0.05) is 23.1 Å². The standard InChI is InChI=1S/C22H18N2OS/c1-15-6-8-16(9-7-15)12-20-14-23-22(26-20)24-21(25)19-11-10-17-4-2-3-5-18(17)13-19/h2-11,13-14H,12H2,1H3,(H,23,24,25). The minimum atomic E-state index is -0.132. The summed E-state index contributed by atoms with van der Waals surface area (Å²) in [7, 11) is 0. The second-order valence-electron chi connectivity index (χ2n) is 6.31. The third kappa shape index (κ3) is 3.65. The molecule has 0 aliphatic heterocycles. The number of carbonyl (C=O) groups is 1. The number of nitrogens with one attached hydrogen (secondary N) is 1. The summed E-state index contributed by atoms with van der Waals surface area (Å²) in [6.07, 6.45) is 2.66. The van der Waals surface area contributed by atoms with Gasteiger partial charge in [-0.3, -0.25) is 10.1 Å². The van der Waals surface area contributed by atoms with Crippen molar-refractivity contribution in [3.8, 4) is 0 Å². The molecule has 0 aliphatic rings. The van der Waals surface area contributed by atoms with Gasteiger partial charge in [-0.25, -0.2) is 4.98 Å². The molecule has 0 atom stereocenters. The van der Waals surface area contributed by atoms with Crippen molar-refractivity contribution in [1.29, 1.82) is 0 Å². The van der Waals surface area contributed by atoms with Gasteiger partial charge in [-0.05, 0) is 35.4 Å². The molecule has 3 nitrogen and oxygen atoms in total. The number of fused-ring (bicyclic) bond motifs is 1. The molecule has 0 unspecified atom stereocenters. The topological polar surface area (TPSA) is 42.0 Å².